The minimum Gasteiger partial charge on any atom is -0.486 e. The summed E-state index contributed by atoms with van der Waals surface area (Å²) >= 11 is 11.9. The quantitative estimate of drug-likeness (QED) is 0.790. The molecule has 0 N–H and O–H groups in total. The molecule has 0 saturated heterocycles. The molecule has 0 atom stereocenters. The maximum atomic E-state index is 11.2. The van der Waals surface area contributed by atoms with Crippen molar-refractivity contribution < 1.29 is 13.2 Å². The van der Waals surface area contributed by atoms with Gasteiger partial charge in [0.1, 0.15) is 6.61 Å². The molecule has 20 heavy (non-hydrogen) atoms. The van der Waals surface area contributed by atoms with Gasteiger partial charge in [-0.3, -0.25) is 4.68 Å². The van der Waals surface area contributed by atoms with E-state index in [0.717, 1.165) is 5.56 Å². The van der Waals surface area contributed by atoms with E-state index in [1.807, 2.05) is 0 Å². The van der Waals surface area contributed by atoms with E-state index in [1.165, 1.54) is 12.1 Å². The van der Waals surface area contributed by atoms with E-state index in [2.05, 4.69) is 5.10 Å². The molecule has 1 aromatic carbocycles. The summed E-state index contributed by atoms with van der Waals surface area (Å²) in [5.74, 6) is 0.196. The van der Waals surface area contributed by atoms with Crippen LogP contribution in [0.3, 0.4) is 0 Å². The van der Waals surface area contributed by atoms with Gasteiger partial charge in [0.2, 0.25) is 0 Å². The van der Waals surface area contributed by atoms with Crippen LogP contribution in [0.2, 0.25) is 10.0 Å². The van der Waals surface area contributed by atoms with E-state index in [0.29, 0.717) is 0 Å². The molecule has 2 rings (SSSR count). The molecule has 0 radical (unpaired) electrons. The van der Waals surface area contributed by atoms with Gasteiger partial charge in [-0.05, 0) is 12.1 Å². The van der Waals surface area contributed by atoms with Crippen LogP contribution in [0.4, 0.5) is 0 Å². The Morgan fingerprint density at radius 2 is 1.90 bits per heavy atom. The summed E-state index contributed by atoms with van der Waals surface area (Å²) in [5, 5.41) is 4.13. The fourth-order valence-electron chi connectivity index (χ4n) is 1.52. The lowest BCUT2D eigenvalue weighted by molar-refractivity contribution is 0.306. The van der Waals surface area contributed by atoms with E-state index >= 15 is 0 Å². The molecule has 5 nitrogen and oxygen atoms in total. The zero-order valence-electron chi connectivity index (χ0n) is 10.2. The largest absolute Gasteiger partial charge is 0.486 e. The third-order valence-electron chi connectivity index (χ3n) is 2.39. The highest BCUT2D eigenvalue weighted by atomic mass is 35.7. The number of hydrogen-bond acceptors (Lipinski definition) is 4. The van der Waals surface area contributed by atoms with Crippen molar-refractivity contribution in [3.63, 3.8) is 0 Å². The highest BCUT2D eigenvalue weighted by Crippen LogP contribution is 2.36. The number of aromatic nitrogens is 2. The second-order valence-corrected chi connectivity index (χ2v) is 7.35. The van der Waals surface area contributed by atoms with Crippen molar-refractivity contribution in [2.24, 2.45) is 7.05 Å². The van der Waals surface area contributed by atoms with Crippen LogP contribution in [0.15, 0.2) is 29.4 Å². The normalized spacial score (nSPS) is 11.6. The first-order valence-electron chi connectivity index (χ1n) is 5.31. The predicted molar refractivity (Wildman–Crippen MR) is 77.0 cm³/mol. The molecular weight excluding hydrogens is 347 g/mol. The van der Waals surface area contributed by atoms with Crippen LogP contribution in [0, 0.1) is 0 Å². The number of benzene rings is 1. The van der Waals surface area contributed by atoms with Crippen molar-refractivity contribution in [2.45, 2.75) is 11.5 Å². The van der Waals surface area contributed by atoms with Gasteiger partial charge >= 0.3 is 0 Å². The minimum absolute atomic E-state index is 0.0700. The highest BCUT2D eigenvalue weighted by molar-refractivity contribution is 8.13. The maximum absolute atomic E-state index is 11.2. The van der Waals surface area contributed by atoms with Gasteiger partial charge < -0.3 is 4.74 Å². The van der Waals surface area contributed by atoms with E-state index in [-0.39, 0.29) is 27.3 Å². The zero-order chi connectivity index (χ0) is 14.9. The molecule has 0 fully saturated rings. The van der Waals surface area contributed by atoms with Crippen LogP contribution in [0.5, 0.6) is 5.75 Å². The van der Waals surface area contributed by atoms with Crippen molar-refractivity contribution in [3.8, 4) is 5.75 Å². The summed E-state index contributed by atoms with van der Waals surface area (Å²) in [5.41, 5.74) is 0.827. The monoisotopic (exact) mass is 354 g/mol. The number of hydrogen-bond donors (Lipinski definition) is 0. The summed E-state index contributed by atoms with van der Waals surface area (Å²) in [6, 6.07) is 2.38. The fourth-order valence-corrected chi connectivity index (χ4v) is 3.03. The first-order chi connectivity index (χ1) is 9.27. The molecule has 0 bridgehead atoms. The van der Waals surface area contributed by atoms with Crippen molar-refractivity contribution in [1.29, 1.82) is 0 Å². The van der Waals surface area contributed by atoms with Gasteiger partial charge in [0, 0.05) is 29.5 Å². The lowest BCUT2D eigenvalue weighted by Crippen LogP contribution is -1.98. The third kappa shape index (κ3) is 3.58. The summed E-state index contributed by atoms with van der Waals surface area (Å²) in [6.07, 6.45) is 3.42. The van der Waals surface area contributed by atoms with Crippen molar-refractivity contribution in [3.05, 3.63) is 40.1 Å². The third-order valence-corrected chi connectivity index (χ3v) is 4.29. The van der Waals surface area contributed by atoms with Crippen LogP contribution in [-0.2, 0) is 22.7 Å². The molecule has 0 saturated carbocycles. The van der Waals surface area contributed by atoms with Crippen LogP contribution in [-0.4, -0.2) is 18.2 Å². The smallest absolute Gasteiger partial charge is 0.261 e. The zero-order valence-corrected chi connectivity index (χ0v) is 13.3. The first-order valence-corrected chi connectivity index (χ1v) is 8.38. The maximum Gasteiger partial charge on any atom is 0.261 e. The van der Waals surface area contributed by atoms with Crippen molar-refractivity contribution in [2.75, 3.05) is 0 Å². The Hall–Kier alpha value is -0.950. The second-order valence-electron chi connectivity index (χ2n) is 3.96. The van der Waals surface area contributed by atoms with Crippen LogP contribution in [0.1, 0.15) is 5.56 Å². The lowest BCUT2D eigenvalue weighted by Gasteiger charge is -2.10. The van der Waals surface area contributed by atoms with E-state index < -0.39 is 9.05 Å². The summed E-state index contributed by atoms with van der Waals surface area (Å²) in [6.45, 7) is 0.209. The second kappa shape index (κ2) is 5.81. The average molecular weight is 356 g/mol. The van der Waals surface area contributed by atoms with Gasteiger partial charge in [-0.25, -0.2) is 8.42 Å². The summed E-state index contributed by atoms with van der Waals surface area (Å²) in [7, 11) is 3.12. The van der Waals surface area contributed by atoms with E-state index in [4.69, 9.17) is 38.6 Å². The van der Waals surface area contributed by atoms with Gasteiger partial charge in [-0.1, -0.05) is 23.2 Å². The van der Waals surface area contributed by atoms with E-state index in [1.54, 1.807) is 24.1 Å². The molecule has 2 aromatic rings. The van der Waals surface area contributed by atoms with Crippen LogP contribution < -0.4 is 4.74 Å². The molecular formula is C11H9Cl3N2O3S. The molecule has 0 aliphatic carbocycles. The Kier molecular flexibility index (Phi) is 4.49. The Balaban J connectivity index is 2.25. The first kappa shape index (κ1) is 15.4. The Bertz CT molecular complexity index is 720. The standard InChI is InChI=1S/C11H9Cl3N2O3S/c1-16-5-7(4-15-16)6-19-11-9(12)2-8(3-10(11)13)20(14,17)18/h2-5H,6H2,1H3. The van der Waals surface area contributed by atoms with Crippen molar-refractivity contribution in [1.82, 2.24) is 9.78 Å². The van der Waals surface area contributed by atoms with E-state index in [9.17, 15) is 8.42 Å². The highest BCUT2D eigenvalue weighted by Gasteiger charge is 2.17. The molecule has 0 aliphatic heterocycles. The average Bonchev–Trinajstić information content (AvgIpc) is 2.72. The molecule has 1 aromatic heterocycles. The lowest BCUT2D eigenvalue weighted by atomic mass is 10.3. The van der Waals surface area contributed by atoms with Gasteiger partial charge in [-0.15, -0.1) is 0 Å². The summed E-state index contributed by atoms with van der Waals surface area (Å²) in [4.78, 5) is -0.178. The number of halogens is 3. The summed E-state index contributed by atoms with van der Waals surface area (Å²) < 4.78 is 29.6. The van der Waals surface area contributed by atoms with Crippen LogP contribution in [0.25, 0.3) is 0 Å². The van der Waals surface area contributed by atoms with Gasteiger partial charge in [-0.2, -0.15) is 5.10 Å². The predicted octanol–water partition coefficient (Wildman–Crippen LogP) is 3.23. The number of nitrogens with zero attached hydrogens (tertiary/aromatic N) is 2. The van der Waals surface area contributed by atoms with Crippen molar-refractivity contribution >= 4 is 42.9 Å². The minimum atomic E-state index is -3.89. The van der Waals surface area contributed by atoms with Gasteiger partial charge in [0.15, 0.2) is 5.75 Å². The molecule has 9 heteroatoms. The molecule has 108 valence electrons. The Morgan fingerprint density at radius 1 is 1.30 bits per heavy atom. The SMILES string of the molecule is Cn1cc(COc2c(Cl)cc(S(=O)(=O)Cl)cc2Cl)cn1. The number of ether oxygens (including phenoxy) is 1. The Morgan fingerprint density at radius 3 is 2.35 bits per heavy atom. The van der Waals surface area contributed by atoms with Gasteiger partial charge in [0.05, 0.1) is 21.1 Å². The molecule has 0 unspecified atom stereocenters. The topological polar surface area (TPSA) is 61.2 Å². The molecule has 0 aliphatic rings. The van der Waals surface area contributed by atoms with Crippen LogP contribution >= 0.6 is 33.9 Å². The Labute approximate surface area is 130 Å². The molecule has 0 spiro atoms. The van der Waals surface area contributed by atoms with Gasteiger partial charge in [0.25, 0.3) is 9.05 Å². The molecule has 1 heterocycles. The fraction of sp³-hybridized carbons (Fsp3) is 0.182. The number of rotatable bonds is 4. The molecule has 0 amide bonds. The number of aryl methyl sites for hydroxylation is 1.